The molecule has 0 atom stereocenters. The molecule has 0 aliphatic heterocycles. The number of anilines is 1. The third-order valence-electron chi connectivity index (χ3n) is 5.74. The fraction of sp³-hybridized carbons (Fsp3) is 0.393. The van der Waals surface area contributed by atoms with Gasteiger partial charge in [-0.25, -0.2) is 0 Å². The standard InChI is InChI=1S/C24H27N3O.C3H6O.CH2O/c1-3-14-26-18-10-8-17(9-11-18)24-22(16-25)21-13-12-20(28-4-2)15-23(21)27(24)19-6-5-7-19;1-2-3-4;1-2/h8-13,15,19,26H,3-7,14H2,1-2H3;3H,2H2,1H3;1H2. The third kappa shape index (κ3) is 6.05. The lowest BCUT2D eigenvalue weighted by molar-refractivity contribution is -0.107. The number of hydrogen-bond acceptors (Lipinski definition) is 5. The highest BCUT2D eigenvalue weighted by molar-refractivity contribution is 5.95. The number of nitrogens with one attached hydrogen (secondary N) is 1. The van der Waals surface area contributed by atoms with Crippen LogP contribution < -0.4 is 10.1 Å². The first kappa shape index (κ1) is 26.7. The van der Waals surface area contributed by atoms with Crippen molar-refractivity contribution >= 4 is 29.7 Å². The lowest BCUT2D eigenvalue weighted by Crippen LogP contribution is -2.17. The van der Waals surface area contributed by atoms with Gasteiger partial charge in [-0.15, -0.1) is 0 Å². The summed E-state index contributed by atoms with van der Waals surface area (Å²) < 4.78 is 8.12. The SMILES string of the molecule is C=O.CCC=O.CCCNc1ccc(-c2c(C#N)c3ccc(OCC)cc3n2C2CCC2)cc1. The molecule has 0 amide bonds. The Labute approximate surface area is 202 Å². The van der Waals surface area contributed by atoms with Crippen molar-refractivity contribution in [2.75, 3.05) is 18.5 Å². The molecule has 1 fully saturated rings. The van der Waals surface area contributed by atoms with E-state index in [9.17, 15) is 10.1 Å². The lowest BCUT2D eigenvalue weighted by atomic mass is 9.92. The molecule has 1 aliphatic rings. The zero-order valence-corrected chi connectivity index (χ0v) is 20.5. The minimum atomic E-state index is 0.453. The Morgan fingerprint density at radius 1 is 1.15 bits per heavy atom. The number of aldehydes is 1. The number of nitriles is 1. The van der Waals surface area contributed by atoms with Crippen LogP contribution in [0.4, 0.5) is 5.69 Å². The molecule has 4 rings (SSSR count). The molecular weight excluding hydrogens is 426 g/mol. The predicted molar refractivity (Wildman–Crippen MR) is 138 cm³/mol. The molecule has 0 bridgehead atoms. The maximum absolute atomic E-state index is 10.0. The Hall–Kier alpha value is -3.59. The van der Waals surface area contributed by atoms with Crippen molar-refractivity contribution in [1.29, 1.82) is 5.26 Å². The summed E-state index contributed by atoms with van der Waals surface area (Å²) in [6, 6.07) is 17.5. The van der Waals surface area contributed by atoms with Gasteiger partial charge in [0.15, 0.2) is 0 Å². The predicted octanol–water partition coefficient (Wildman–Crippen LogP) is 6.54. The quantitative estimate of drug-likeness (QED) is 0.385. The lowest BCUT2D eigenvalue weighted by Gasteiger charge is -2.30. The van der Waals surface area contributed by atoms with E-state index in [-0.39, 0.29) is 0 Å². The van der Waals surface area contributed by atoms with E-state index in [4.69, 9.17) is 9.53 Å². The molecule has 1 aromatic heterocycles. The first-order valence-electron chi connectivity index (χ1n) is 12.0. The van der Waals surface area contributed by atoms with Crippen molar-refractivity contribution < 1.29 is 14.3 Å². The van der Waals surface area contributed by atoms with Crippen LogP contribution in [0, 0.1) is 11.3 Å². The zero-order valence-electron chi connectivity index (χ0n) is 20.5. The Kier molecular flexibility index (Phi) is 10.9. The minimum absolute atomic E-state index is 0.453. The molecule has 1 heterocycles. The number of hydrogen-bond donors (Lipinski definition) is 1. The van der Waals surface area contributed by atoms with E-state index in [2.05, 4.69) is 53.2 Å². The number of ether oxygens (including phenoxy) is 1. The maximum Gasteiger partial charge on any atom is 0.121 e. The van der Waals surface area contributed by atoms with E-state index in [1.54, 1.807) is 0 Å². The van der Waals surface area contributed by atoms with Crippen LogP contribution in [0.5, 0.6) is 5.75 Å². The summed E-state index contributed by atoms with van der Waals surface area (Å²) in [6.45, 7) is 9.57. The second-order valence-corrected chi connectivity index (χ2v) is 7.98. The maximum atomic E-state index is 10.0. The van der Waals surface area contributed by atoms with Gasteiger partial charge in [-0.3, -0.25) is 0 Å². The van der Waals surface area contributed by atoms with Crippen LogP contribution in [0.2, 0.25) is 0 Å². The number of benzene rings is 2. The fourth-order valence-electron chi connectivity index (χ4n) is 3.98. The fourth-order valence-corrected chi connectivity index (χ4v) is 3.98. The van der Waals surface area contributed by atoms with Gasteiger partial charge in [0.1, 0.15) is 24.9 Å². The number of rotatable bonds is 8. The molecule has 180 valence electrons. The average molecular weight is 462 g/mol. The summed E-state index contributed by atoms with van der Waals surface area (Å²) in [7, 11) is 0. The first-order chi connectivity index (χ1) is 16.7. The monoisotopic (exact) mass is 461 g/mol. The average Bonchev–Trinajstić information content (AvgIpc) is 3.17. The van der Waals surface area contributed by atoms with E-state index in [0.717, 1.165) is 71.3 Å². The second kappa shape index (κ2) is 13.8. The molecule has 6 nitrogen and oxygen atoms in total. The number of carbonyl (C=O) groups excluding carboxylic acids is 2. The summed E-state index contributed by atoms with van der Waals surface area (Å²) in [5, 5.41) is 14.4. The van der Waals surface area contributed by atoms with Crippen molar-refractivity contribution in [2.24, 2.45) is 0 Å². The van der Waals surface area contributed by atoms with Crippen molar-refractivity contribution in [3.63, 3.8) is 0 Å². The molecule has 6 heteroatoms. The molecule has 1 N–H and O–H groups in total. The molecule has 2 aromatic carbocycles. The zero-order chi connectivity index (χ0) is 24.9. The first-order valence-corrected chi connectivity index (χ1v) is 12.0. The van der Waals surface area contributed by atoms with Crippen LogP contribution >= 0.6 is 0 Å². The van der Waals surface area contributed by atoms with Gasteiger partial charge in [-0.2, -0.15) is 5.26 Å². The normalized spacial score (nSPS) is 12.3. The van der Waals surface area contributed by atoms with Crippen LogP contribution in [0.25, 0.3) is 22.2 Å². The summed E-state index contributed by atoms with van der Waals surface area (Å²) >= 11 is 0. The second-order valence-electron chi connectivity index (χ2n) is 7.98. The van der Waals surface area contributed by atoms with E-state index in [0.29, 0.717) is 19.1 Å². The highest BCUT2D eigenvalue weighted by atomic mass is 16.5. The van der Waals surface area contributed by atoms with E-state index in [1.807, 2.05) is 32.8 Å². The number of nitrogens with zero attached hydrogens (tertiary/aromatic N) is 2. The van der Waals surface area contributed by atoms with Gasteiger partial charge in [0, 0.05) is 36.1 Å². The van der Waals surface area contributed by atoms with E-state index in [1.165, 1.54) is 6.42 Å². The summed E-state index contributed by atoms with van der Waals surface area (Å²) in [6.07, 6.45) is 6.18. The largest absolute Gasteiger partial charge is 0.494 e. The molecule has 34 heavy (non-hydrogen) atoms. The number of fused-ring (bicyclic) bond motifs is 1. The molecule has 0 radical (unpaired) electrons. The van der Waals surface area contributed by atoms with Crippen LogP contribution in [0.3, 0.4) is 0 Å². The Bertz CT molecular complexity index is 1090. The molecule has 0 spiro atoms. The van der Waals surface area contributed by atoms with Gasteiger partial charge in [0.25, 0.3) is 0 Å². The minimum Gasteiger partial charge on any atom is -0.494 e. The number of aromatic nitrogens is 1. The summed E-state index contributed by atoms with van der Waals surface area (Å²) in [5.74, 6) is 0.864. The van der Waals surface area contributed by atoms with Gasteiger partial charge in [0.05, 0.1) is 23.4 Å². The van der Waals surface area contributed by atoms with Crippen molar-refractivity contribution in [3.8, 4) is 23.1 Å². The van der Waals surface area contributed by atoms with E-state index >= 15 is 0 Å². The third-order valence-corrected chi connectivity index (χ3v) is 5.74. The summed E-state index contributed by atoms with van der Waals surface area (Å²) in [4.78, 5) is 17.2. The molecule has 0 unspecified atom stereocenters. The van der Waals surface area contributed by atoms with Crippen LogP contribution in [0.15, 0.2) is 42.5 Å². The highest BCUT2D eigenvalue weighted by Crippen LogP contribution is 2.43. The van der Waals surface area contributed by atoms with Gasteiger partial charge in [-0.05, 0) is 62.4 Å². The topological polar surface area (TPSA) is 84.1 Å². The van der Waals surface area contributed by atoms with Crippen LogP contribution in [-0.4, -0.2) is 30.8 Å². The van der Waals surface area contributed by atoms with E-state index < -0.39 is 0 Å². The van der Waals surface area contributed by atoms with Crippen LogP contribution in [0.1, 0.15) is 64.5 Å². The summed E-state index contributed by atoms with van der Waals surface area (Å²) in [5.41, 5.74) is 5.13. The van der Waals surface area contributed by atoms with Gasteiger partial charge in [0.2, 0.25) is 0 Å². The van der Waals surface area contributed by atoms with Gasteiger partial charge in [-0.1, -0.05) is 26.0 Å². The van der Waals surface area contributed by atoms with Crippen molar-refractivity contribution in [3.05, 3.63) is 48.0 Å². The number of carbonyl (C=O) groups is 2. The van der Waals surface area contributed by atoms with Gasteiger partial charge >= 0.3 is 0 Å². The smallest absolute Gasteiger partial charge is 0.121 e. The molecule has 3 aromatic rings. The Balaban J connectivity index is 0.000000618. The molecule has 1 saturated carbocycles. The van der Waals surface area contributed by atoms with Crippen molar-refractivity contribution in [1.82, 2.24) is 4.57 Å². The Morgan fingerprint density at radius 2 is 1.82 bits per heavy atom. The molecule has 1 aliphatic carbocycles. The molecular formula is C28H35N3O3. The Morgan fingerprint density at radius 3 is 2.32 bits per heavy atom. The molecule has 0 saturated heterocycles. The van der Waals surface area contributed by atoms with Crippen molar-refractivity contribution in [2.45, 2.75) is 58.9 Å². The van der Waals surface area contributed by atoms with Gasteiger partial charge < -0.3 is 24.2 Å². The van der Waals surface area contributed by atoms with Crippen LogP contribution in [-0.2, 0) is 9.59 Å². The highest BCUT2D eigenvalue weighted by Gasteiger charge is 2.27.